The Hall–Kier alpha value is -7.08. The molecule has 310 valence electrons. The number of primary amides is 2. The molecule has 12 nitrogen and oxygen atoms in total. The number of aromatic nitrogens is 4. The SMILES string of the molecule is CC1(C)C(=NCc2ccccc2)CCC1Nc1c(C(N)=O)cnn2cc(-c3ccccc3)cc12.CC1(C)C(=O)CCC1Nc1c(C(N)=O)cnn2cc(-c3ccccc3)cc12. The van der Waals surface area contributed by atoms with Crippen LogP contribution in [0.5, 0.6) is 0 Å². The fraction of sp³-hybridized carbons (Fsp3) is 0.265. The number of aliphatic imine (C=N–C) groups is 1. The first kappa shape index (κ1) is 40.7. The van der Waals surface area contributed by atoms with Crippen LogP contribution in [0.3, 0.4) is 0 Å². The van der Waals surface area contributed by atoms with Gasteiger partial charge in [-0.15, -0.1) is 0 Å². The zero-order chi connectivity index (χ0) is 42.9. The maximum atomic E-state index is 12.3. The highest BCUT2D eigenvalue weighted by Crippen LogP contribution is 2.40. The van der Waals surface area contributed by atoms with Crippen LogP contribution < -0.4 is 22.1 Å². The molecule has 2 saturated carbocycles. The Balaban J connectivity index is 0.000000173. The Morgan fingerprint density at radius 3 is 1.54 bits per heavy atom. The molecule has 0 saturated heterocycles. The highest BCUT2D eigenvalue weighted by Gasteiger charge is 2.43. The first-order valence-corrected chi connectivity index (χ1v) is 20.7. The quantitative estimate of drug-likeness (QED) is 0.107. The fourth-order valence-corrected chi connectivity index (χ4v) is 8.59. The van der Waals surface area contributed by atoms with E-state index < -0.39 is 17.2 Å². The molecule has 6 N–H and O–H groups in total. The average molecular weight is 814 g/mol. The number of ketones is 1. The summed E-state index contributed by atoms with van der Waals surface area (Å²) >= 11 is 0. The van der Waals surface area contributed by atoms with E-state index in [9.17, 15) is 14.4 Å². The van der Waals surface area contributed by atoms with E-state index in [0.717, 1.165) is 58.2 Å². The molecule has 2 aliphatic rings. The van der Waals surface area contributed by atoms with Crippen molar-refractivity contribution in [1.29, 1.82) is 0 Å². The second-order valence-corrected chi connectivity index (χ2v) is 17.0. The van der Waals surface area contributed by atoms with Gasteiger partial charge in [-0.3, -0.25) is 19.4 Å². The summed E-state index contributed by atoms with van der Waals surface area (Å²) < 4.78 is 3.55. The number of rotatable bonds is 10. The molecule has 0 spiro atoms. The summed E-state index contributed by atoms with van der Waals surface area (Å²) in [7, 11) is 0. The standard InChI is InChI=1S/C28H29N5O.C21H22N4O2/c1-28(2)24(30-16-19-9-5-3-6-10-19)13-14-25(28)32-26-22(27(29)34)17-31-33-18-21(15-23(26)33)20-11-7-4-8-12-20;1-21(2)17(8-9-18(21)26)24-19-15(20(22)27)11-23-25-12-14(10-16(19)25)13-6-4-3-5-7-13/h3-12,15,17-18,25,32H,13-14,16H2,1-2H3,(H2,29,34);3-7,10-12,17,24H,8-9H2,1-2H3,(H2,22,27). The van der Waals surface area contributed by atoms with Gasteiger partial charge in [0.15, 0.2) is 0 Å². The van der Waals surface area contributed by atoms with Gasteiger partial charge in [-0.05, 0) is 48.1 Å². The van der Waals surface area contributed by atoms with E-state index in [1.165, 1.54) is 17.5 Å². The van der Waals surface area contributed by atoms with Gasteiger partial charge in [0.25, 0.3) is 11.8 Å². The number of hydrogen-bond donors (Lipinski definition) is 4. The van der Waals surface area contributed by atoms with E-state index in [2.05, 4.69) is 65.0 Å². The van der Waals surface area contributed by atoms with Crippen LogP contribution in [0.1, 0.15) is 79.7 Å². The lowest BCUT2D eigenvalue weighted by molar-refractivity contribution is -0.124. The number of nitrogens with zero attached hydrogens (tertiary/aromatic N) is 5. The van der Waals surface area contributed by atoms with Crippen molar-refractivity contribution in [2.24, 2.45) is 27.3 Å². The molecule has 2 fully saturated rings. The third kappa shape index (κ3) is 8.13. The van der Waals surface area contributed by atoms with Gasteiger partial charge in [0, 0.05) is 58.6 Å². The van der Waals surface area contributed by atoms with Crippen LogP contribution in [0.25, 0.3) is 33.3 Å². The number of nitrogens with two attached hydrogens (primary N) is 2. The molecule has 4 aromatic heterocycles. The van der Waals surface area contributed by atoms with Crippen molar-refractivity contribution in [3.8, 4) is 22.3 Å². The van der Waals surface area contributed by atoms with Crippen LogP contribution >= 0.6 is 0 Å². The topological polar surface area (TPSA) is 174 Å². The van der Waals surface area contributed by atoms with Crippen molar-refractivity contribution >= 4 is 45.7 Å². The summed E-state index contributed by atoms with van der Waals surface area (Å²) in [6.07, 6.45) is 10.0. The van der Waals surface area contributed by atoms with Crippen LogP contribution in [0.4, 0.5) is 11.4 Å². The van der Waals surface area contributed by atoms with Gasteiger partial charge in [0.2, 0.25) is 0 Å². The molecule has 0 bridgehead atoms. The lowest BCUT2D eigenvalue weighted by Gasteiger charge is -2.30. The molecular weight excluding hydrogens is 763 g/mol. The Morgan fingerprint density at radius 2 is 1.10 bits per heavy atom. The summed E-state index contributed by atoms with van der Waals surface area (Å²) in [6, 6.07) is 34.5. The summed E-state index contributed by atoms with van der Waals surface area (Å²) in [5.74, 6) is -0.808. The van der Waals surface area contributed by atoms with Gasteiger partial charge >= 0.3 is 0 Å². The molecule has 2 unspecified atom stereocenters. The first-order valence-electron chi connectivity index (χ1n) is 20.7. The predicted octanol–water partition coefficient (Wildman–Crippen LogP) is 8.61. The van der Waals surface area contributed by atoms with Crippen molar-refractivity contribution in [3.05, 3.63) is 145 Å². The van der Waals surface area contributed by atoms with Gasteiger partial charge in [0.1, 0.15) is 5.78 Å². The largest absolute Gasteiger partial charge is 0.379 e. The van der Waals surface area contributed by atoms with E-state index in [0.29, 0.717) is 29.8 Å². The zero-order valence-corrected chi connectivity index (χ0v) is 34.9. The van der Waals surface area contributed by atoms with Crippen molar-refractivity contribution < 1.29 is 14.4 Å². The number of hydrogen-bond acceptors (Lipinski definition) is 8. The highest BCUT2D eigenvalue weighted by atomic mass is 16.1. The monoisotopic (exact) mass is 813 g/mol. The zero-order valence-electron chi connectivity index (χ0n) is 34.9. The first-order chi connectivity index (χ1) is 29.3. The Bertz CT molecular complexity index is 2770. The molecule has 0 aliphatic heterocycles. The van der Waals surface area contributed by atoms with Crippen molar-refractivity contribution in [1.82, 2.24) is 19.2 Å². The molecule has 61 heavy (non-hydrogen) atoms. The molecule has 3 aromatic carbocycles. The summed E-state index contributed by atoms with van der Waals surface area (Å²) in [5, 5.41) is 15.9. The number of fused-ring (bicyclic) bond motifs is 2. The predicted molar refractivity (Wildman–Crippen MR) is 242 cm³/mol. The smallest absolute Gasteiger partial charge is 0.252 e. The van der Waals surface area contributed by atoms with Crippen LogP contribution in [-0.4, -0.2) is 54.6 Å². The fourth-order valence-electron chi connectivity index (χ4n) is 8.59. The Kier molecular flexibility index (Phi) is 11.0. The van der Waals surface area contributed by atoms with Crippen LogP contribution in [-0.2, 0) is 11.3 Å². The minimum Gasteiger partial charge on any atom is -0.379 e. The normalized spacial score (nSPS) is 18.6. The van der Waals surface area contributed by atoms with Crippen molar-refractivity contribution in [3.63, 3.8) is 0 Å². The van der Waals surface area contributed by atoms with E-state index in [-0.39, 0.29) is 23.3 Å². The maximum absolute atomic E-state index is 12.3. The average Bonchev–Trinajstić information content (AvgIpc) is 4.02. The second kappa shape index (κ2) is 16.5. The molecule has 0 radical (unpaired) electrons. The molecule has 9 rings (SSSR count). The molecule has 2 aliphatic carbocycles. The van der Waals surface area contributed by atoms with Gasteiger partial charge in [-0.2, -0.15) is 10.2 Å². The number of nitrogens with one attached hydrogen (secondary N) is 2. The van der Waals surface area contributed by atoms with E-state index >= 15 is 0 Å². The molecule has 4 heterocycles. The summed E-state index contributed by atoms with van der Waals surface area (Å²) in [5.41, 5.74) is 21.0. The maximum Gasteiger partial charge on any atom is 0.252 e. The minimum atomic E-state index is -0.544. The molecule has 2 atom stereocenters. The van der Waals surface area contributed by atoms with Gasteiger partial charge in [-0.1, -0.05) is 119 Å². The van der Waals surface area contributed by atoms with Crippen LogP contribution in [0.15, 0.2) is 133 Å². The number of amides is 2. The molecule has 7 aromatic rings. The lowest BCUT2D eigenvalue weighted by Crippen LogP contribution is -2.36. The number of carbonyl (C=O) groups excluding carboxylic acids is 3. The third-order valence-electron chi connectivity index (χ3n) is 12.5. The summed E-state index contributed by atoms with van der Waals surface area (Å²) in [4.78, 5) is 41.5. The number of Topliss-reactive ketones (excluding diaryl/α,β-unsaturated/α-hetero) is 1. The number of anilines is 2. The Morgan fingerprint density at radius 1 is 0.656 bits per heavy atom. The van der Waals surface area contributed by atoms with E-state index in [1.807, 2.05) is 104 Å². The van der Waals surface area contributed by atoms with E-state index in [4.69, 9.17) is 16.5 Å². The molecular formula is C49H51N9O3. The van der Waals surface area contributed by atoms with Crippen LogP contribution in [0, 0.1) is 10.8 Å². The number of benzene rings is 3. The third-order valence-corrected chi connectivity index (χ3v) is 12.5. The molecule has 2 amide bonds. The van der Waals surface area contributed by atoms with Crippen molar-refractivity contribution in [2.75, 3.05) is 10.6 Å². The number of carbonyl (C=O) groups is 3. The summed E-state index contributed by atoms with van der Waals surface area (Å²) in [6.45, 7) is 9.00. The van der Waals surface area contributed by atoms with Crippen LogP contribution in [0.2, 0.25) is 0 Å². The lowest BCUT2D eigenvalue weighted by atomic mass is 9.85. The Labute approximate surface area is 355 Å². The van der Waals surface area contributed by atoms with Gasteiger partial charge in [-0.25, -0.2) is 9.03 Å². The van der Waals surface area contributed by atoms with E-state index in [1.54, 1.807) is 10.7 Å². The van der Waals surface area contributed by atoms with Crippen molar-refractivity contribution in [2.45, 2.75) is 72.0 Å². The van der Waals surface area contributed by atoms with Gasteiger partial charge in [0.05, 0.1) is 52.5 Å². The highest BCUT2D eigenvalue weighted by molar-refractivity contribution is 6.04. The second-order valence-electron chi connectivity index (χ2n) is 17.0. The molecule has 12 heteroatoms. The minimum absolute atomic E-state index is 0.0654. The van der Waals surface area contributed by atoms with Gasteiger partial charge < -0.3 is 22.1 Å².